The summed E-state index contributed by atoms with van der Waals surface area (Å²) in [5, 5.41) is 0. The summed E-state index contributed by atoms with van der Waals surface area (Å²) in [6.07, 6.45) is 1.68. The van der Waals surface area contributed by atoms with Crippen molar-refractivity contribution in [3.63, 3.8) is 0 Å². The summed E-state index contributed by atoms with van der Waals surface area (Å²) in [7, 11) is 0. The van der Waals surface area contributed by atoms with Crippen LogP contribution in [0.5, 0.6) is 0 Å². The smallest absolute Gasteiger partial charge is 0.123 e. The van der Waals surface area contributed by atoms with E-state index in [9.17, 15) is 0 Å². The Hall–Kier alpha value is -1.13. The minimum absolute atomic E-state index is 0.141. The van der Waals surface area contributed by atoms with Crippen LogP contribution in [0, 0.1) is 6.92 Å². The van der Waals surface area contributed by atoms with E-state index >= 15 is 0 Å². The highest BCUT2D eigenvalue weighted by molar-refractivity contribution is 5.37. The fraction of sp³-hybridized carbons (Fsp3) is 0.375. The predicted molar refractivity (Wildman–Crippen MR) is 49.4 cm³/mol. The van der Waals surface area contributed by atoms with E-state index in [2.05, 4.69) is 4.98 Å². The van der Waals surface area contributed by atoms with Crippen LogP contribution in [0.25, 0.3) is 0 Å². The summed E-state index contributed by atoms with van der Waals surface area (Å²) in [6, 6.07) is 1.66. The molecule has 0 saturated carbocycles. The second-order valence-electron chi connectivity index (χ2n) is 2.81. The van der Waals surface area contributed by atoms with E-state index in [-0.39, 0.29) is 6.04 Å². The summed E-state index contributed by atoms with van der Waals surface area (Å²) in [4.78, 5) is 3.95. The number of nitrogen functional groups attached to an aromatic ring is 1. The van der Waals surface area contributed by atoms with Crippen LogP contribution in [-0.4, -0.2) is 11.5 Å². The number of anilines is 1. The number of hydrogen-bond acceptors (Lipinski definition) is 4. The molecule has 6 N–H and O–H groups in total. The third kappa shape index (κ3) is 1.72. The fourth-order valence-electron chi connectivity index (χ4n) is 1.10. The average molecular weight is 166 g/mol. The van der Waals surface area contributed by atoms with Crippen LogP contribution < -0.4 is 17.2 Å². The zero-order chi connectivity index (χ0) is 9.14. The Morgan fingerprint density at radius 2 is 2.25 bits per heavy atom. The number of rotatable bonds is 2. The van der Waals surface area contributed by atoms with Crippen molar-refractivity contribution >= 4 is 5.82 Å². The first kappa shape index (κ1) is 8.96. The van der Waals surface area contributed by atoms with Gasteiger partial charge in [0.1, 0.15) is 5.82 Å². The van der Waals surface area contributed by atoms with Gasteiger partial charge in [0.15, 0.2) is 0 Å². The van der Waals surface area contributed by atoms with E-state index in [4.69, 9.17) is 17.2 Å². The van der Waals surface area contributed by atoms with Crippen molar-refractivity contribution in [3.05, 3.63) is 23.4 Å². The summed E-state index contributed by atoms with van der Waals surface area (Å²) in [5.74, 6) is 0.514. The molecule has 4 nitrogen and oxygen atoms in total. The second-order valence-corrected chi connectivity index (χ2v) is 2.81. The van der Waals surface area contributed by atoms with Gasteiger partial charge in [0, 0.05) is 18.8 Å². The Kier molecular flexibility index (Phi) is 2.62. The van der Waals surface area contributed by atoms with E-state index in [1.54, 1.807) is 12.3 Å². The van der Waals surface area contributed by atoms with E-state index in [1.165, 1.54) is 0 Å². The van der Waals surface area contributed by atoms with Crippen molar-refractivity contribution in [1.82, 2.24) is 4.98 Å². The van der Waals surface area contributed by atoms with Crippen molar-refractivity contribution < 1.29 is 0 Å². The zero-order valence-electron chi connectivity index (χ0n) is 7.12. The third-order valence-corrected chi connectivity index (χ3v) is 1.83. The highest BCUT2D eigenvalue weighted by Crippen LogP contribution is 2.14. The molecule has 0 spiro atoms. The molecule has 4 heteroatoms. The number of pyridine rings is 1. The van der Waals surface area contributed by atoms with Crippen molar-refractivity contribution in [2.45, 2.75) is 13.0 Å². The van der Waals surface area contributed by atoms with Crippen LogP contribution in [0.3, 0.4) is 0 Å². The highest BCUT2D eigenvalue weighted by Gasteiger charge is 2.06. The lowest BCUT2D eigenvalue weighted by Crippen LogP contribution is -2.21. The summed E-state index contributed by atoms with van der Waals surface area (Å²) in [5.41, 5.74) is 18.7. The molecule has 0 amide bonds. The van der Waals surface area contributed by atoms with Crippen LogP contribution in [0.4, 0.5) is 5.82 Å². The highest BCUT2D eigenvalue weighted by atomic mass is 14.8. The van der Waals surface area contributed by atoms with Gasteiger partial charge in [0.25, 0.3) is 0 Å². The molecule has 0 aliphatic rings. The van der Waals surface area contributed by atoms with Gasteiger partial charge in [-0.05, 0) is 24.1 Å². The topological polar surface area (TPSA) is 90.9 Å². The van der Waals surface area contributed by atoms with Crippen LogP contribution in [0.15, 0.2) is 12.3 Å². The van der Waals surface area contributed by atoms with Crippen LogP contribution >= 0.6 is 0 Å². The molecule has 0 aliphatic heterocycles. The lowest BCUT2D eigenvalue weighted by molar-refractivity contribution is 0.728. The van der Waals surface area contributed by atoms with Gasteiger partial charge >= 0.3 is 0 Å². The number of nitrogens with zero attached hydrogens (tertiary/aromatic N) is 1. The molecule has 0 fully saturated rings. The van der Waals surface area contributed by atoms with Crippen molar-refractivity contribution in [3.8, 4) is 0 Å². The van der Waals surface area contributed by atoms with Crippen molar-refractivity contribution in [2.24, 2.45) is 11.5 Å². The van der Waals surface area contributed by atoms with Gasteiger partial charge in [0.05, 0.1) is 0 Å². The molecule has 12 heavy (non-hydrogen) atoms. The largest absolute Gasteiger partial charge is 0.384 e. The number of aromatic nitrogens is 1. The molecule has 0 aromatic carbocycles. The molecule has 0 bridgehead atoms. The first-order valence-electron chi connectivity index (χ1n) is 3.83. The van der Waals surface area contributed by atoms with Crippen LogP contribution in [0.2, 0.25) is 0 Å². The zero-order valence-corrected chi connectivity index (χ0v) is 7.12. The molecule has 0 unspecified atom stereocenters. The lowest BCUT2D eigenvalue weighted by atomic mass is 10.1. The third-order valence-electron chi connectivity index (χ3n) is 1.83. The number of hydrogen-bond donors (Lipinski definition) is 3. The van der Waals surface area contributed by atoms with Gasteiger partial charge in [-0.3, -0.25) is 0 Å². The molecular formula is C8H14N4. The minimum Gasteiger partial charge on any atom is -0.384 e. The van der Waals surface area contributed by atoms with Crippen molar-refractivity contribution in [1.29, 1.82) is 0 Å². The maximum Gasteiger partial charge on any atom is 0.123 e. The molecule has 0 radical (unpaired) electrons. The van der Waals surface area contributed by atoms with E-state index < -0.39 is 0 Å². The van der Waals surface area contributed by atoms with E-state index in [0.29, 0.717) is 12.4 Å². The first-order chi connectivity index (χ1) is 5.65. The van der Waals surface area contributed by atoms with Gasteiger partial charge in [-0.1, -0.05) is 0 Å². The van der Waals surface area contributed by atoms with E-state index in [1.807, 2.05) is 6.92 Å². The predicted octanol–water partition coefficient (Wildman–Crippen LogP) is -0.0693. The van der Waals surface area contributed by atoms with Gasteiger partial charge < -0.3 is 17.2 Å². The Bertz CT molecular complexity index is 272. The quantitative estimate of drug-likeness (QED) is 0.573. The lowest BCUT2D eigenvalue weighted by Gasteiger charge is -2.11. The SMILES string of the molecule is Cc1cc(N)ncc1[C@H](N)CN. The summed E-state index contributed by atoms with van der Waals surface area (Å²) >= 11 is 0. The Morgan fingerprint density at radius 3 is 2.75 bits per heavy atom. The maximum absolute atomic E-state index is 5.74. The Balaban J connectivity index is 3.01. The van der Waals surface area contributed by atoms with Crippen molar-refractivity contribution in [2.75, 3.05) is 12.3 Å². The molecule has 1 heterocycles. The van der Waals surface area contributed by atoms with Gasteiger partial charge in [0.2, 0.25) is 0 Å². The Morgan fingerprint density at radius 1 is 1.58 bits per heavy atom. The fourth-order valence-corrected chi connectivity index (χ4v) is 1.10. The molecule has 0 saturated heterocycles. The number of aryl methyl sites for hydroxylation is 1. The van der Waals surface area contributed by atoms with Gasteiger partial charge in [-0.15, -0.1) is 0 Å². The maximum atomic E-state index is 5.74. The molecule has 1 atom stereocenters. The summed E-state index contributed by atoms with van der Waals surface area (Å²) in [6.45, 7) is 2.37. The standard InChI is InChI=1S/C8H14N4/c1-5-2-8(11)12-4-6(5)7(10)3-9/h2,4,7H,3,9-10H2,1H3,(H2,11,12)/t7-/m1/s1. The molecule has 1 aromatic heterocycles. The monoisotopic (exact) mass is 166 g/mol. The molecule has 66 valence electrons. The number of nitrogens with two attached hydrogens (primary N) is 3. The second kappa shape index (κ2) is 3.51. The van der Waals surface area contributed by atoms with Gasteiger partial charge in [-0.2, -0.15) is 0 Å². The first-order valence-corrected chi connectivity index (χ1v) is 3.83. The minimum atomic E-state index is -0.141. The summed E-state index contributed by atoms with van der Waals surface area (Å²) < 4.78 is 0. The molecule has 1 rings (SSSR count). The normalized spacial score (nSPS) is 12.9. The molecule has 1 aromatic rings. The molecular weight excluding hydrogens is 152 g/mol. The molecule has 0 aliphatic carbocycles. The Labute approximate surface area is 71.8 Å². The van der Waals surface area contributed by atoms with Crippen LogP contribution in [-0.2, 0) is 0 Å². The average Bonchev–Trinajstić information content (AvgIpc) is 2.03. The van der Waals surface area contributed by atoms with Gasteiger partial charge in [-0.25, -0.2) is 4.98 Å². The van der Waals surface area contributed by atoms with Crippen LogP contribution in [0.1, 0.15) is 17.2 Å². The van der Waals surface area contributed by atoms with E-state index in [0.717, 1.165) is 11.1 Å².